The van der Waals surface area contributed by atoms with E-state index in [0.29, 0.717) is 11.5 Å². The normalized spacial score (nSPS) is 14.4. The van der Waals surface area contributed by atoms with Crippen molar-refractivity contribution in [2.45, 2.75) is 19.3 Å². The predicted octanol–water partition coefficient (Wildman–Crippen LogP) is 1.52. The third-order valence-corrected chi connectivity index (χ3v) is 3.18. The van der Waals surface area contributed by atoms with Gasteiger partial charge in [0.05, 0.1) is 7.11 Å². The Morgan fingerprint density at radius 2 is 1.95 bits per heavy atom. The summed E-state index contributed by atoms with van der Waals surface area (Å²) in [5, 5.41) is 2.59. The standard InChI is InChI=1S/C14H17NO4/c1-18-11-7-2-3-8-12(11)19-13(16)9-15-14(17)10-5-4-6-10/h2-3,7-8,10H,4-6,9H2,1H3,(H,15,17). The van der Waals surface area contributed by atoms with Gasteiger partial charge in [0.15, 0.2) is 11.5 Å². The maximum atomic E-state index is 11.6. The van der Waals surface area contributed by atoms with E-state index < -0.39 is 5.97 Å². The van der Waals surface area contributed by atoms with Gasteiger partial charge >= 0.3 is 5.97 Å². The maximum absolute atomic E-state index is 11.6. The molecule has 0 aliphatic heterocycles. The number of hydrogen-bond donors (Lipinski definition) is 1. The first-order chi connectivity index (χ1) is 9.20. The molecule has 102 valence electrons. The fourth-order valence-corrected chi connectivity index (χ4v) is 1.84. The molecule has 0 atom stereocenters. The second-order valence-corrected chi connectivity index (χ2v) is 4.47. The van der Waals surface area contributed by atoms with Gasteiger partial charge in [0, 0.05) is 5.92 Å². The first-order valence-corrected chi connectivity index (χ1v) is 6.32. The van der Waals surface area contributed by atoms with Crippen LogP contribution in [0, 0.1) is 5.92 Å². The van der Waals surface area contributed by atoms with Crippen molar-refractivity contribution in [2.75, 3.05) is 13.7 Å². The van der Waals surface area contributed by atoms with Crippen molar-refractivity contribution in [2.24, 2.45) is 5.92 Å². The number of hydrogen-bond acceptors (Lipinski definition) is 4. The number of carbonyl (C=O) groups is 2. The molecule has 5 nitrogen and oxygen atoms in total. The van der Waals surface area contributed by atoms with Gasteiger partial charge in [0.25, 0.3) is 0 Å². The van der Waals surface area contributed by atoms with E-state index in [4.69, 9.17) is 9.47 Å². The lowest BCUT2D eigenvalue weighted by Crippen LogP contribution is -2.38. The minimum Gasteiger partial charge on any atom is -0.493 e. The molecule has 1 N–H and O–H groups in total. The predicted molar refractivity (Wildman–Crippen MR) is 69.0 cm³/mol. The van der Waals surface area contributed by atoms with E-state index in [0.717, 1.165) is 19.3 Å². The monoisotopic (exact) mass is 263 g/mol. The molecule has 1 fully saturated rings. The van der Waals surface area contributed by atoms with E-state index in [1.54, 1.807) is 24.3 Å². The zero-order valence-electron chi connectivity index (χ0n) is 10.8. The molecular weight excluding hydrogens is 246 g/mol. The molecule has 19 heavy (non-hydrogen) atoms. The third kappa shape index (κ3) is 3.47. The van der Waals surface area contributed by atoms with Gasteiger partial charge in [0.2, 0.25) is 5.91 Å². The van der Waals surface area contributed by atoms with E-state index in [1.807, 2.05) is 0 Å². The van der Waals surface area contributed by atoms with Crippen LogP contribution in [0.1, 0.15) is 19.3 Å². The summed E-state index contributed by atoms with van der Waals surface area (Å²) < 4.78 is 10.2. The summed E-state index contributed by atoms with van der Waals surface area (Å²) in [6.07, 6.45) is 2.91. The molecule has 5 heteroatoms. The fourth-order valence-electron chi connectivity index (χ4n) is 1.84. The summed E-state index contributed by atoms with van der Waals surface area (Å²) in [6.45, 7) is -0.118. The maximum Gasteiger partial charge on any atom is 0.330 e. The SMILES string of the molecule is COc1ccccc1OC(=O)CNC(=O)C1CCC1. The van der Waals surface area contributed by atoms with Gasteiger partial charge in [-0.2, -0.15) is 0 Å². The van der Waals surface area contributed by atoms with Crippen molar-refractivity contribution >= 4 is 11.9 Å². The molecule has 0 spiro atoms. The fraction of sp³-hybridized carbons (Fsp3) is 0.429. The quantitative estimate of drug-likeness (QED) is 0.646. The molecule has 0 unspecified atom stereocenters. The van der Waals surface area contributed by atoms with Crippen LogP contribution in [-0.2, 0) is 9.59 Å². The van der Waals surface area contributed by atoms with Gasteiger partial charge in [-0.1, -0.05) is 18.6 Å². The molecular formula is C14H17NO4. The molecule has 1 aromatic carbocycles. The molecule has 0 radical (unpaired) electrons. The molecule has 1 amide bonds. The molecule has 0 bridgehead atoms. The van der Waals surface area contributed by atoms with E-state index in [9.17, 15) is 9.59 Å². The van der Waals surface area contributed by atoms with Crippen molar-refractivity contribution < 1.29 is 19.1 Å². The second-order valence-electron chi connectivity index (χ2n) is 4.47. The van der Waals surface area contributed by atoms with E-state index in [-0.39, 0.29) is 18.4 Å². The summed E-state index contributed by atoms with van der Waals surface area (Å²) in [4.78, 5) is 23.2. The van der Waals surface area contributed by atoms with Gasteiger partial charge in [-0.3, -0.25) is 4.79 Å². The summed E-state index contributed by atoms with van der Waals surface area (Å²) >= 11 is 0. The molecule has 1 aliphatic rings. The number of para-hydroxylation sites is 2. The highest BCUT2D eigenvalue weighted by Crippen LogP contribution is 2.27. The Kier molecular flexibility index (Phi) is 4.39. The average Bonchev–Trinajstić information content (AvgIpc) is 2.35. The topological polar surface area (TPSA) is 64.6 Å². The smallest absolute Gasteiger partial charge is 0.330 e. The van der Waals surface area contributed by atoms with Crippen molar-refractivity contribution in [1.29, 1.82) is 0 Å². The molecule has 1 aromatic rings. The Balaban J connectivity index is 1.81. The summed E-state index contributed by atoms with van der Waals surface area (Å²) in [5.74, 6) is 0.341. The van der Waals surface area contributed by atoms with Crippen molar-refractivity contribution in [3.63, 3.8) is 0 Å². The van der Waals surface area contributed by atoms with Crippen LogP contribution in [0.25, 0.3) is 0 Å². The van der Waals surface area contributed by atoms with Crippen LogP contribution in [0.3, 0.4) is 0 Å². The Bertz CT molecular complexity index is 468. The first-order valence-electron chi connectivity index (χ1n) is 6.32. The number of nitrogens with one attached hydrogen (secondary N) is 1. The lowest BCUT2D eigenvalue weighted by Gasteiger charge is -2.23. The van der Waals surface area contributed by atoms with Gasteiger partial charge < -0.3 is 14.8 Å². The number of rotatable bonds is 5. The summed E-state index contributed by atoms with van der Waals surface area (Å²) in [5.41, 5.74) is 0. The van der Waals surface area contributed by atoms with Crippen LogP contribution in [-0.4, -0.2) is 25.5 Å². The molecule has 1 saturated carbocycles. The van der Waals surface area contributed by atoms with E-state index >= 15 is 0 Å². The summed E-state index contributed by atoms with van der Waals surface area (Å²) in [6, 6.07) is 6.88. The minimum absolute atomic E-state index is 0.0665. The van der Waals surface area contributed by atoms with Crippen molar-refractivity contribution in [3.8, 4) is 11.5 Å². The largest absolute Gasteiger partial charge is 0.493 e. The van der Waals surface area contributed by atoms with Crippen LogP contribution in [0.15, 0.2) is 24.3 Å². The third-order valence-electron chi connectivity index (χ3n) is 3.18. The van der Waals surface area contributed by atoms with Crippen LogP contribution in [0.4, 0.5) is 0 Å². The molecule has 0 saturated heterocycles. The molecule has 0 heterocycles. The van der Waals surface area contributed by atoms with E-state index in [2.05, 4.69) is 5.32 Å². The molecule has 2 rings (SSSR count). The number of ether oxygens (including phenoxy) is 2. The van der Waals surface area contributed by atoms with Crippen LogP contribution >= 0.6 is 0 Å². The first kappa shape index (κ1) is 13.4. The molecule has 1 aliphatic carbocycles. The van der Waals surface area contributed by atoms with Crippen molar-refractivity contribution in [1.82, 2.24) is 5.32 Å². The zero-order valence-corrected chi connectivity index (χ0v) is 10.8. The highest BCUT2D eigenvalue weighted by atomic mass is 16.6. The number of carbonyl (C=O) groups excluding carboxylic acids is 2. The van der Waals surface area contributed by atoms with Crippen LogP contribution in [0.5, 0.6) is 11.5 Å². The van der Waals surface area contributed by atoms with E-state index in [1.165, 1.54) is 7.11 Å². The van der Waals surface area contributed by atoms with Crippen LogP contribution < -0.4 is 14.8 Å². The highest BCUT2D eigenvalue weighted by molar-refractivity contribution is 5.84. The average molecular weight is 263 g/mol. The minimum atomic E-state index is -0.503. The summed E-state index contributed by atoms with van der Waals surface area (Å²) in [7, 11) is 1.50. The number of methoxy groups -OCH3 is 1. The Labute approximate surface area is 111 Å². The Hall–Kier alpha value is -2.04. The Morgan fingerprint density at radius 3 is 2.53 bits per heavy atom. The Morgan fingerprint density at radius 1 is 1.26 bits per heavy atom. The van der Waals surface area contributed by atoms with Crippen LogP contribution in [0.2, 0.25) is 0 Å². The van der Waals surface area contributed by atoms with Gasteiger partial charge in [-0.15, -0.1) is 0 Å². The van der Waals surface area contributed by atoms with Crippen molar-refractivity contribution in [3.05, 3.63) is 24.3 Å². The second kappa shape index (κ2) is 6.22. The lowest BCUT2D eigenvalue weighted by atomic mass is 9.85. The zero-order chi connectivity index (χ0) is 13.7. The lowest BCUT2D eigenvalue weighted by molar-refractivity contribution is -0.137. The van der Waals surface area contributed by atoms with Gasteiger partial charge in [-0.25, -0.2) is 4.79 Å². The number of benzene rings is 1. The highest BCUT2D eigenvalue weighted by Gasteiger charge is 2.25. The van der Waals surface area contributed by atoms with Gasteiger partial charge in [0.1, 0.15) is 6.54 Å². The van der Waals surface area contributed by atoms with Gasteiger partial charge in [-0.05, 0) is 25.0 Å². The number of amides is 1. The molecule has 0 aromatic heterocycles. The number of esters is 1.